The lowest BCUT2D eigenvalue weighted by Gasteiger charge is -2.50. The van der Waals surface area contributed by atoms with Gasteiger partial charge in [-0.1, -0.05) is 6.42 Å². The average Bonchev–Trinajstić information content (AvgIpc) is 2.29. The Bertz CT molecular complexity index is 263. The molecule has 2 N–H and O–H groups in total. The second kappa shape index (κ2) is 5.25. The number of hydrogen-bond donors (Lipinski definition) is 1. The maximum atomic E-state index is 11.6. The molecule has 2 rings (SSSR count). The first-order valence-electron chi connectivity index (χ1n) is 6.83. The summed E-state index contributed by atoms with van der Waals surface area (Å²) < 4.78 is 5.03. The molecule has 4 nitrogen and oxygen atoms in total. The van der Waals surface area contributed by atoms with Crippen LogP contribution in [0.3, 0.4) is 0 Å². The van der Waals surface area contributed by atoms with Crippen LogP contribution in [-0.2, 0) is 4.74 Å². The van der Waals surface area contributed by atoms with Crippen molar-refractivity contribution >= 4 is 6.09 Å². The number of nitrogens with two attached hydrogens (primary N) is 1. The van der Waals surface area contributed by atoms with E-state index in [1.807, 2.05) is 11.8 Å². The van der Waals surface area contributed by atoms with Crippen LogP contribution >= 0.6 is 0 Å². The molecule has 2 fully saturated rings. The van der Waals surface area contributed by atoms with Gasteiger partial charge in [-0.2, -0.15) is 0 Å². The summed E-state index contributed by atoms with van der Waals surface area (Å²) in [6.07, 6.45) is 5.93. The van der Waals surface area contributed by atoms with Gasteiger partial charge >= 0.3 is 6.09 Å². The van der Waals surface area contributed by atoms with Crippen molar-refractivity contribution in [2.24, 2.45) is 17.1 Å². The zero-order valence-electron chi connectivity index (χ0n) is 10.8. The second-order valence-electron chi connectivity index (χ2n) is 5.38. The summed E-state index contributed by atoms with van der Waals surface area (Å²) in [5.41, 5.74) is 6.34. The fraction of sp³-hybridized carbons (Fsp3) is 0.923. The van der Waals surface area contributed by atoms with E-state index in [0.29, 0.717) is 17.9 Å². The third-order valence-electron chi connectivity index (χ3n) is 4.64. The largest absolute Gasteiger partial charge is 0.450 e. The summed E-state index contributed by atoms with van der Waals surface area (Å²) >= 11 is 0. The van der Waals surface area contributed by atoms with E-state index in [1.54, 1.807) is 0 Å². The van der Waals surface area contributed by atoms with Gasteiger partial charge < -0.3 is 15.4 Å². The van der Waals surface area contributed by atoms with E-state index in [0.717, 1.165) is 32.5 Å². The van der Waals surface area contributed by atoms with E-state index in [4.69, 9.17) is 10.5 Å². The molecule has 98 valence electrons. The fourth-order valence-corrected chi connectivity index (χ4v) is 3.30. The van der Waals surface area contributed by atoms with Crippen molar-refractivity contribution in [3.05, 3.63) is 0 Å². The number of hydrogen-bond acceptors (Lipinski definition) is 3. The van der Waals surface area contributed by atoms with Crippen molar-refractivity contribution in [2.75, 3.05) is 26.2 Å². The third-order valence-corrected chi connectivity index (χ3v) is 4.64. The van der Waals surface area contributed by atoms with E-state index < -0.39 is 0 Å². The maximum absolute atomic E-state index is 11.6. The lowest BCUT2D eigenvalue weighted by molar-refractivity contribution is 0.0128. The highest BCUT2D eigenvalue weighted by Gasteiger charge is 2.44. The number of carbonyl (C=O) groups excluding carboxylic acids is 1. The molecule has 0 aromatic rings. The molecule has 0 unspecified atom stereocenters. The molecule has 0 atom stereocenters. The van der Waals surface area contributed by atoms with Gasteiger partial charge in [-0.3, -0.25) is 0 Å². The SMILES string of the molecule is CCOC(=O)N1CCC(C2(CN)CCC2)CC1. The van der Waals surface area contributed by atoms with E-state index in [2.05, 4.69) is 0 Å². The van der Waals surface area contributed by atoms with Gasteiger partial charge in [0, 0.05) is 13.1 Å². The third kappa shape index (κ3) is 2.41. The molecule has 4 heteroatoms. The Kier molecular flexibility index (Phi) is 3.92. The molecule has 0 spiro atoms. The van der Waals surface area contributed by atoms with Gasteiger partial charge in [0.05, 0.1) is 6.61 Å². The van der Waals surface area contributed by atoms with Crippen molar-refractivity contribution in [3.8, 4) is 0 Å². The predicted octanol–water partition coefficient (Wildman–Crippen LogP) is 1.98. The van der Waals surface area contributed by atoms with Crippen LogP contribution in [0.25, 0.3) is 0 Å². The first-order chi connectivity index (χ1) is 8.22. The summed E-state index contributed by atoms with van der Waals surface area (Å²) in [7, 11) is 0. The lowest BCUT2D eigenvalue weighted by atomic mass is 9.59. The molecule has 2 aliphatic rings. The van der Waals surface area contributed by atoms with Gasteiger partial charge in [0.2, 0.25) is 0 Å². The molecule has 0 aromatic carbocycles. The molecule has 1 amide bonds. The minimum absolute atomic E-state index is 0.152. The van der Waals surface area contributed by atoms with Gasteiger partial charge in [0.25, 0.3) is 0 Å². The monoisotopic (exact) mass is 240 g/mol. The van der Waals surface area contributed by atoms with E-state index >= 15 is 0 Å². The Morgan fingerprint density at radius 3 is 2.47 bits per heavy atom. The highest BCUT2D eigenvalue weighted by molar-refractivity contribution is 5.67. The molecule has 0 bridgehead atoms. The van der Waals surface area contributed by atoms with Crippen molar-refractivity contribution in [1.82, 2.24) is 4.90 Å². The van der Waals surface area contributed by atoms with Gasteiger partial charge in [0.1, 0.15) is 0 Å². The highest BCUT2D eigenvalue weighted by atomic mass is 16.6. The molecule has 1 heterocycles. The van der Waals surface area contributed by atoms with Crippen LogP contribution in [0.5, 0.6) is 0 Å². The fourth-order valence-electron chi connectivity index (χ4n) is 3.30. The Morgan fingerprint density at radius 2 is 2.06 bits per heavy atom. The predicted molar refractivity (Wildman–Crippen MR) is 66.7 cm³/mol. The average molecular weight is 240 g/mol. The van der Waals surface area contributed by atoms with Crippen LogP contribution in [0, 0.1) is 11.3 Å². The Hall–Kier alpha value is -0.770. The minimum Gasteiger partial charge on any atom is -0.450 e. The number of carbonyl (C=O) groups is 1. The molecule has 17 heavy (non-hydrogen) atoms. The Labute approximate surface area is 103 Å². The van der Waals surface area contributed by atoms with E-state index in [-0.39, 0.29) is 6.09 Å². The molecule has 0 radical (unpaired) electrons. The Balaban J connectivity index is 1.83. The normalized spacial score (nSPS) is 24.2. The summed E-state index contributed by atoms with van der Waals surface area (Å²) in [5.74, 6) is 0.715. The summed E-state index contributed by atoms with van der Waals surface area (Å²) in [4.78, 5) is 13.4. The minimum atomic E-state index is -0.152. The molecule has 1 aliphatic carbocycles. The maximum Gasteiger partial charge on any atom is 0.409 e. The van der Waals surface area contributed by atoms with Crippen molar-refractivity contribution in [3.63, 3.8) is 0 Å². The van der Waals surface area contributed by atoms with Crippen LogP contribution in [-0.4, -0.2) is 37.2 Å². The Morgan fingerprint density at radius 1 is 1.41 bits per heavy atom. The van der Waals surface area contributed by atoms with Crippen LogP contribution in [0.2, 0.25) is 0 Å². The number of likely N-dealkylation sites (tertiary alicyclic amines) is 1. The number of amides is 1. The smallest absolute Gasteiger partial charge is 0.409 e. The van der Waals surface area contributed by atoms with Crippen molar-refractivity contribution in [1.29, 1.82) is 0 Å². The molecule has 0 aromatic heterocycles. The van der Waals surface area contributed by atoms with Crippen LogP contribution < -0.4 is 5.73 Å². The molecular weight excluding hydrogens is 216 g/mol. The zero-order chi connectivity index (χ0) is 12.3. The number of piperidine rings is 1. The lowest BCUT2D eigenvalue weighted by Crippen LogP contribution is -2.49. The first-order valence-corrected chi connectivity index (χ1v) is 6.83. The summed E-state index contributed by atoms with van der Waals surface area (Å²) in [5, 5.41) is 0. The molecular formula is C13H24N2O2. The zero-order valence-corrected chi connectivity index (χ0v) is 10.8. The standard InChI is InChI=1S/C13H24N2O2/c1-2-17-12(16)15-8-4-11(5-9-15)13(10-14)6-3-7-13/h11H,2-10,14H2,1H3. The van der Waals surface area contributed by atoms with Crippen LogP contribution in [0.4, 0.5) is 4.79 Å². The number of nitrogens with zero attached hydrogens (tertiary/aromatic N) is 1. The number of rotatable bonds is 3. The van der Waals surface area contributed by atoms with Crippen molar-refractivity contribution < 1.29 is 9.53 Å². The quantitative estimate of drug-likeness (QED) is 0.820. The molecule has 1 aliphatic heterocycles. The molecule has 1 saturated carbocycles. The van der Waals surface area contributed by atoms with Crippen molar-refractivity contribution in [2.45, 2.75) is 39.0 Å². The summed E-state index contributed by atoms with van der Waals surface area (Å²) in [6, 6.07) is 0. The van der Waals surface area contributed by atoms with Crippen LogP contribution in [0.1, 0.15) is 39.0 Å². The first kappa shape index (κ1) is 12.7. The van der Waals surface area contributed by atoms with Gasteiger partial charge in [-0.25, -0.2) is 4.79 Å². The van der Waals surface area contributed by atoms with Gasteiger partial charge in [0.15, 0.2) is 0 Å². The second-order valence-corrected chi connectivity index (χ2v) is 5.38. The highest BCUT2D eigenvalue weighted by Crippen LogP contribution is 2.49. The van der Waals surface area contributed by atoms with Gasteiger partial charge in [-0.05, 0) is 50.5 Å². The number of ether oxygens (including phenoxy) is 1. The summed E-state index contributed by atoms with van der Waals surface area (Å²) in [6.45, 7) is 4.81. The molecule has 1 saturated heterocycles. The van der Waals surface area contributed by atoms with E-state index in [9.17, 15) is 4.79 Å². The van der Waals surface area contributed by atoms with Crippen LogP contribution in [0.15, 0.2) is 0 Å². The topological polar surface area (TPSA) is 55.6 Å². The van der Waals surface area contributed by atoms with Gasteiger partial charge in [-0.15, -0.1) is 0 Å². The van der Waals surface area contributed by atoms with E-state index in [1.165, 1.54) is 19.3 Å².